The van der Waals surface area contributed by atoms with E-state index < -0.39 is 0 Å². The van der Waals surface area contributed by atoms with E-state index in [2.05, 4.69) is 20.8 Å². The Morgan fingerprint density at radius 2 is 2.07 bits per heavy atom. The molecule has 1 nitrogen and oxygen atoms in total. The van der Waals surface area contributed by atoms with Gasteiger partial charge in [-0.05, 0) is 30.6 Å². The van der Waals surface area contributed by atoms with E-state index >= 15 is 0 Å². The first kappa shape index (κ1) is 12.3. The number of halogens is 1. The van der Waals surface area contributed by atoms with Crippen LogP contribution >= 0.6 is 11.6 Å². The second-order valence-corrected chi connectivity index (χ2v) is 5.30. The fourth-order valence-corrected chi connectivity index (χ4v) is 2.59. The maximum absolute atomic E-state index is 5.84. The molecule has 2 heteroatoms. The van der Waals surface area contributed by atoms with Crippen LogP contribution in [0.3, 0.4) is 0 Å². The smallest absolute Gasteiger partial charge is 0.0608 e. The maximum Gasteiger partial charge on any atom is 0.0608 e. The van der Waals surface area contributed by atoms with Crippen molar-refractivity contribution < 1.29 is 4.74 Å². The van der Waals surface area contributed by atoms with Gasteiger partial charge in [0.15, 0.2) is 0 Å². The van der Waals surface area contributed by atoms with Crippen molar-refractivity contribution in [3.63, 3.8) is 0 Å². The Kier molecular flexibility index (Phi) is 5.25. The summed E-state index contributed by atoms with van der Waals surface area (Å²) in [5.74, 6) is 2.93. The number of alkyl halides is 1. The lowest BCUT2D eigenvalue weighted by Gasteiger charge is -2.37. The van der Waals surface area contributed by atoms with E-state index in [9.17, 15) is 0 Å². The van der Waals surface area contributed by atoms with Crippen molar-refractivity contribution in [2.45, 2.75) is 46.1 Å². The van der Waals surface area contributed by atoms with Crippen molar-refractivity contribution in [3.8, 4) is 0 Å². The molecular formula is C12H23ClO. The number of hydrogen-bond acceptors (Lipinski definition) is 1. The van der Waals surface area contributed by atoms with Crippen LogP contribution in [-0.4, -0.2) is 18.6 Å². The van der Waals surface area contributed by atoms with Crippen molar-refractivity contribution in [3.05, 3.63) is 0 Å². The molecule has 1 fully saturated rings. The molecule has 1 saturated carbocycles. The third-order valence-electron chi connectivity index (χ3n) is 3.37. The van der Waals surface area contributed by atoms with Gasteiger partial charge in [0, 0.05) is 5.88 Å². The van der Waals surface area contributed by atoms with Crippen LogP contribution < -0.4 is 0 Å². The van der Waals surface area contributed by atoms with Gasteiger partial charge in [-0.2, -0.15) is 0 Å². The number of rotatable bonds is 4. The topological polar surface area (TPSA) is 9.23 Å². The molecule has 0 spiro atoms. The first-order valence-corrected chi connectivity index (χ1v) is 6.36. The molecule has 0 radical (unpaired) electrons. The lowest BCUT2D eigenvalue weighted by atomic mass is 9.75. The van der Waals surface area contributed by atoms with Gasteiger partial charge in [0.1, 0.15) is 0 Å². The third-order valence-corrected chi connectivity index (χ3v) is 3.52. The van der Waals surface area contributed by atoms with Crippen LogP contribution in [0.15, 0.2) is 0 Å². The molecule has 1 aliphatic rings. The molecule has 0 aromatic carbocycles. The SMILES string of the molecule is CC1CCC(C(C)C)C(OCCCl)C1. The van der Waals surface area contributed by atoms with E-state index in [0.29, 0.717) is 18.6 Å². The van der Waals surface area contributed by atoms with Crippen molar-refractivity contribution >= 4 is 11.6 Å². The van der Waals surface area contributed by atoms with Crippen LogP contribution in [0.2, 0.25) is 0 Å². The van der Waals surface area contributed by atoms with Crippen LogP contribution in [0.25, 0.3) is 0 Å². The average Bonchev–Trinajstić information content (AvgIpc) is 2.14. The molecule has 0 aliphatic heterocycles. The van der Waals surface area contributed by atoms with Crippen LogP contribution in [0.4, 0.5) is 0 Å². The van der Waals surface area contributed by atoms with E-state index in [0.717, 1.165) is 17.8 Å². The average molecular weight is 219 g/mol. The van der Waals surface area contributed by atoms with E-state index in [1.165, 1.54) is 19.3 Å². The Morgan fingerprint density at radius 1 is 1.36 bits per heavy atom. The summed E-state index contributed by atoms with van der Waals surface area (Å²) in [5, 5.41) is 0. The van der Waals surface area contributed by atoms with Gasteiger partial charge in [-0.3, -0.25) is 0 Å². The van der Waals surface area contributed by atoms with Crippen molar-refractivity contribution in [2.75, 3.05) is 12.5 Å². The molecule has 3 unspecified atom stereocenters. The van der Waals surface area contributed by atoms with Crippen LogP contribution in [0, 0.1) is 17.8 Å². The molecule has 3 atom stereocenters. The fourth-order valence-electron chi connectivity index (χ4n) is 2.50. The van der Waals surface area contributed by atoms with Gasteiger partial charge in [0.2, 0.25) is 0 Å². The van der Waals surface area contributed by atoms with Gasteiger partial charge in [-0.25, -0.2) is 0 Å². The highest BCUT2D eigenvalue weighted by molar-refractivity contribution is 6.17. The number of ether oxygens (including phenoxy) is 1. The fraction of sp³-hybridized carbons (Fsp3) is 1.00. The van der Waals surface area contributed by atoms with Crippen molar-refractivity contribution in [1.82, 2.24) is 0 Å². The summed E-state index contributed by atoms with van der Waals surface area (Å²) in [6.07, 6.45) is 4.37. The van der Waals surface area contributed by atoms with E-state index in [-0.39, 0.29) is 0 Å². The van der Waals surface area contributed by atoms with Gasteiger partial charge < -0.3 is 4.74 Å². The highest BCUT2D eigenvalue weighted by Crippen LogP contribution is 2.35. The molecule has 0 aromatic rings. The van der Waals surface area contributed by atoms with Gasteiger partial charge in [0.25, 0.3) is 0 Å². The largest absolute Gasteiger partial charge is 0.377 e. The predicted molar refractivity (Wildman–Crippen MR) is 61.8 cm³/mol. The molecule has 0 aromatic heterocycles. The molecule has 0 heterocycles. The molecule has 14 heavy (non-hydrogen) atoms. The van der Waals surface area contributed by atoms with Crippen LogP contribution in [0.1, 0.15) is 40.0 Å². The minimum atomic E-state index is 0.456. The molecule has 84 valence electrons. The molecule has 0 bridgehead atoms. The molecule has 0 N–H and O–H groups in total. The standard InChI is InChI=1S/C12H23ClO/c1-9(2)11-5-4-10(3)8-12(11)14-7-6-13/h9-12H,4-8H2,1-3H3. The Morgan fingerprint density at radius 3 is 2.64 bits per heavy atom. The van der Waals surface area contributed by atoms with Crippen molar-refractivity contribution in [2.24, 2.45) is 17.8 Å². The second kappa shape index (κ2) is 5.97. The Bertz CT molecular complexity index is 158. The Hall–Kier alpha value is 0.250. The maximum atomic E-state index is 5.84. The molecule has 0 amide bonds. The summed E-state index contributed by atoms with van der Waals surface area (Å²) in [7, 11) is 0. The summed E-state index contributed by atoms with van der Waals surface area (Å²) in [4.78, 5) is 0. The first-order valence-electron chi connectivity index (χ1n) is 5.82. The first-order chi connectivity index (χ1) is 6.65. The van der Waals surface area contributed by atoms with Crippen LogP contribution in [0.5, 0.6) is 0 Å². The van der Waals surface area contributed by atoms with Gasteiger partial charge in [-0.15, -0.1) is 11.6 Å². The molecule has 0 saturated heterocycles. The highest BCUT2D eigenvalue weighted by atomic mass is 35.5. The zero-order chi connectivity index (χ0) is 10.6. The molecular weight excluding hydrogens is 196 g/mol. The monoisotopic (exact) mass is 218 g/mol. The lowest BCUT2D eigenvalue weighted by Crippen LogP contribution is -2.34. The molecule has 1 aliphatic carbocycles. The van der Waals surface area contributed by atoms with E-state index in [1.807, 2.05) is 0 Å². The molecule has 1 rings (SSSR count). The van der Waals surface area contributed by atoms with Gasteiger partial charge >= 0.3 is 0 Å². The van der Waals surface area contributed by atoms with Crippen LogP contribution in [-0.2, 0) is 4.74 Å². The highest BCUT2D eigenvalue weighted by Gasteiger charge is 2.30. The quantitative estimate of drug-likeness (QED) is 0.654. The number of hydrogen-bond donors (Lipinski definition) is 0. The summed E-state index contributed by atoms with van der Waals surface area (Å²) < 4.78 is 5.84. The van der Waals surface area contributed by atoms with E-state index in [1.54, 1.807) is 0 Å². The van der Waals surface area contributed by atoms with E-state index in [4.69, 9.17) is 16.3 Å². The van der Waals surface area contributed by atoms with Crippen molar-refractivity contribution in [1.29, 1.82) is 0 Å². The normalized spacial score (nSPS) is 33.6. The minimum Gasteiger partial charge on any atom is -0.377 e. The summed E-state index contributed by atoms with van der Waals surface area (Å²) in [5.41, 5.74) is 0. The third kappa shape index (κ3) is 3.43. The summed E-state index contributed by atoms with van der Waals surface area (Å²) in [6.45, 7) is 7.64. The summed E-state index contributed by atoms with van der Waals surface area (Å²) >= 11 is 5.66. The van der Waals surface area contributed by atoms with Gasteiger partial charge in [-0.1, -0.05) is 27.2 Å². The minimum absolute atomic E-state index is 0.456. The Labute approximate surface area is 93.2 Å². The van der Waals surface area contributed by atoms with Gasteiger partial charge in [0.05, 0.1) is 12.7 Å². The second-order valence-electron chi connectivity index (χ2n) is 4.92. The predicted octanol–water partition coefficient (Wildman–Crippen LogP) is 3.70. The summed E-state index contributed by atoms with van der Waals surface area (Å²) in [6, 6.07) is 0. The Balaban J connectivity index is 2.45. The zero-order valence-electron chi connectivity index (χ0n) is 9.63. The lowest BCUT2D eigenvalue weighted by molar-refractivity contribution is -0.0319. The zero-order valence-corrected chi connectivity index (χ0v) is 10.4.